The molecular formula is C24H29N9. The molecule has 9 heteroatoms. The summed E-state index contributed by atoms with van der Waals surface area (Å²) in [7, 11) is 0. The first-order chi connectivity index (χ1) is 16.2. The summed E-state index contributed by atoms with van der Waals surface area (Å²) in [4.78, 5) is 17.4. The molecule has 0 unspecified atom stereocenters. The fourth-order valence-corrected chi connectivity index (χ4v) is 3.65. The summed E-state index contributed by atoms with van der Waals surface area (Å²) in [5, 5.41) is 12.5. The highest BCUT2D eigenvalue weighted by atomic mass is 15.4. The topological polar surface area (TPSA) is 112 Å². The van der Waals surface area contributed by atoms with E-state index in [0.717, 1.165) is 35.4 Å². The van der Waals surface area contributed by atoms with E-state index >= 15 is 0 Å². The summed E-state index contributed by atoms with van der Waals surface area (Å²) in [5.41, 5.74) is 9.76. The van der Waals surface area contributed by atoms with E-state index in [1.807, 2.05) is 38.1 Å². The van der Waals surface area contributed by atoms with E-state index in [9.17, 15) is 0 Å². The monoisotopic (exact) mass is 443 g/mol. The molecule has 3 N–H and O–H groups in total. The largest absolute Gasteiger partial charge is 0.351 e. The zero-order valence-corrected chi connectivity index (χ0v) is 19.0. The van der Waals surface area contributed by atoms with Gasteiger partial charge in [0.05, 0.1) is 11.4 Å². The van der Waals surface area contributed by atoms with Crippen LogP contribution in [0.4, 0.5) is 17.6 Å². The molecule has 1 saturated carbocycles. The zero-order valence-electron chi connectivity index (χ0n) is 19.0. The number of hydrogen-bond donors (Lipinski definition) is 3. The average Bonchev–Trinajstić information content (AvgIpc) is 2.87. The Bertz CT molecular complexity index is 1020. The van der Waals surface area contributed by atoms with Gasteiger partial charge in [0.2, 0.25) is 5.95 Å². The molecule has 1 fully saturated rings. The van der Waals surface area contributed by atoms with Gasteiger partial charge in [-0.25, -0.2) is 0 Å². The third kappa shape index (κ3) is 6.55. The maximum Gasteiger partial charge on any atom is 0.226 e. The summed E-state index contributed by atoms with van der Waals surface area (Å²) < 4.78 is 0. The van der Waals surface area contributed by atoms with Crippen molar-refractivity contribution in [2.45, 2.75) is 52.0 Å². The van der Waals surface area contributed by atoms with Gasteiger partial charge in [-0.2, -0.15) is 20.2 Å². The van der Waals surface area contributed by atoms with Gasteiger partial charge in [0.1, 0.15) is 0 Å². The number of hydrogen-bond acceptors (Lipinski definition) is 9. The number of nitrogens with zero attached hydrogens (tertiary/aromatic N) is 6. The number of nitrogens with one attached hydrogen (secondary N) is 3. The van der Waals surface area contributed by atoms with E-state index in [4.69, 9.17) is 0 Å². The Hall–Kier alpha value is -3.88. The number of aromatic nitrogens is 4. The van der Waals surface area contributed by atoms with Crippen molar-refractivity contribution in [3.63, 3.8) is 0 Å². The summed E-state index contributed by atoms with van der Waals surface area (Å²) in [6.45, 7) is 3.87. The van der Waals surface area contributed by atoms with E-state index in [2.05, 4.69) is 46.3 Å². The Labute approximate surface area is 193 Å². The van der Waals surface area contributed by atoms with E-state index in [1.165, 1.54) is 19.3 Å². The van der Waals surface area contributed by atoms with Gasteiger partial charge in [0, 0.05) is 48.0 Å². The van der Waals surface area contributed by atoms with Crippen LogP contribution in [0.5, 0.6) is 0 Å². The molecule has 0 radical (unpaired) electrons. The normalized spacial score (nSPS) is 15.2. The molecule has 1 aliphatic carbocycles. The van der Waals surface area contributed by atoms with Crippen LogP contribution in [0.3, 0.4) is 0 Å². The van der Waals surface area contributed by atoms with Crippen LogP contribution in [0.15, 0.2) is 65.3 Å². The molecule has 170 valence electrons. The second-order valence-corrected chi connectivity index (χ2v) is 8.03. The van der Waals surface area contributed by atoms with Gasteiger partial charge >= 0.3 is 0 Å². The predicted octanol–water partition coefficient (Wildman–Crippen LogP) is 4.68. The number of pyridine rings is 2. The van der Waals surface area contributed by atoms with Gasteiger partial charge < -0.3 is 5.32 Å². The third-order valence-corrected chi connectivity index (χ3v) is 5.54. The highest BCUT2D eigenvalue weighted by molar-refractivity contribution is 5.99. The number of hydrazone groups is 2. The molecule has 0 saturated heterocycles. The van der Waals surface area contributed by atoms with Crippen LogP contribution in [-0.4, -0.2) is 37.4 Å². The molecule has 0 amide bonds. The van der Waals surface area contributed by atoms with Crippen molar-refractivity contribution >= 4 is 29.0 Å². The highest BCUT2D eigenvalue weighted by Crippen LogP contribution is 2.22. The van der Waals surface area contributed by atoms with Gasteiger partial charge in [-0.1, -0.05) is 19.3 Å². The predicted molar refractivity (Wildman–Crippen MR) is 133 cm³/mol. The molecule has 0 aromatic carbocycles. The van der Waals surface area contributed by atoms with Crippen molar-refractivity contribution in [2.75, 3.05) is 16.2 Å². The lowest BCUT2D eigenvalue weighted by Gasteiger charge is -2.23. The van der Waals surface area contributed by atoms with E-state index in [1.54, 1.807) is 30.9 Å². The summed E-state index contributed by atoms with van der Waals surface area (Å²) in [5.74, 6) is 1.72. The Kier molecular flexibility index (Phi) is 7.52. The molecule has 0 spiro atoms. The molecule has 9 nitrogen and oxygen atoms in total. The molecular weight excluding hydrogens is 414 g/mol. The van der Waals surface area contributed by atoms with Gasteiger partial charge in [-0.15, -0.1) is 0 Å². The molecule has 0 atom stereocenters. The van der Waals surface area contributed by atoms with Crippen molar-refractivity contribution in [3.8, 4) is 0 Å². The fraction of sp³-hybridized carbons (Fsp3) is 0.333. The minimum absolute atomic E-state index is 0.381. The molecule has 33 heavy (non-hydrogen) atoms. The minimum atomic E-state index is 0.381. The van der Waals surface area contributed by atoms with Crippen LogP contribution in [-0.2, 0) is 0 Å². The Morgan fingerprint density at radius 2 is 1.24 bits per heavy atom. The van der Waals surface area contributed by atoms with Crippen LogP contribution in [0.2, 0.25) is 0 Å². The maximum absolute atomic E-state index is 4.63. The lowest BCUT2D eigenvalue weighted by molar-refractivity contribution is 0.461. The van der Waals surface area contributed by atoms with Gasteiger partial charge in [-0.05, 0) is 51.0 Å². The second-order valence-electron chi connectivity index (χ2n) is 8.03. The van der Waals surface area contributed by atoms with Crippen molar-refractivity contribution in [2.24, 2.45) is 10.2 Å². The third-order valence-electron chi connectivity index (χ3n) is 5.54. The molecule has 3 aromatic rings. The Morgan fingerprint density at radius 3 is 1.73 bits per heavy atom. The average molecular weight is 444 g/mol. The molecule has 0 aliphatic heterocycles. The molecule has 3 aromatic heterocycles. The smallest absolute Gasteiger partial charge is 0.226 e. The Morgan fingerprint density at radius 1 is 0.758 bits per heavy atom. The molecule has 3 heterocycles. The van der Waals surface area contributed by atoms with Crippen LogP contribution < -0.4 is 16.2 Å². The first-order valence-electron chi connectivity index (χ1n) is 11.2. The highest BCUT2D eigenvalue weighted by Gasteiger charge is 2.15. The standard InChI is InChI=1S/C24H29N9/c1-17(19-8-12-25-13-9-19)30-32-22-16-23(33-31-18(2)20-10-14-26-15-11-20)29-24(28-22)27-21-6-4-3-5-7-21/h8-16,21H,3-7H2,1-2H3,(H3,27,28,29,32,33). The second kappa shape index (κ2) is 11.1. The van der Waals surface area contributed by atoms with Crippen LogP contribution in [0, 0.1) is 0 Å². The summed E-state index contributed by atoms with van der Waals surface area (Å²) >= 11 is 0. The first-order valence-corrected chi connectivity index (χ1v) is 11.2. The van der Waals surface area contributed by atoms with Crippen molar-refractivity contribution in [1.29, 1.82) is 0 Å². The van der Waals surface area contributed by atoms with Crippen molar-refractivity contribution in [1.82, 2.24) is 19.9 Å². The summed E-state index contributed by atoms with van der Waals surface area (Å²) in [6.07, 6.45) is 13.0. The fourth-order valence-electron chi connectivity index (χ4n) is 3.65. The van der Waals surface area contributed by atoms with Crippen molar-refractivity contribution in [3.05, 3.63) is 66.2 Å². The number of rotatable bonds is 8. The van der Waals surface area contributed by atoms with Crippen LogP contribution in [0.25, 0.3) is 0 Å². The molecule has 0 bridgehead atoms. The van der Waals surface area contributed by atoms with Gasteiger partial charge in [-0.3, -0.25) is 20.8 Å². The molecule has 4 rings (SSSR count). The number of anilines is 3. The van der Waals surface area contributed by atoms with Gasteiger partial charge in [0.15, 0.2) is 11.6 Å². The van der Waals surface area contributed by atoms with Crippen molar-refractivity contribution < 1.29 is 0 Å². The van der Waals surface area contributed by atoms with E-state index in [0.29, 0.717) is 23.6 Å². The maximum atomic E-state index is 4.63. The van der Waals surface area contributed by atoms with Crippen LogP contribution in [0.1, 0.15) is 57.1 Å². The first kappa shape index (κ1) is 22.3. The van der Waals surface area contributed by atoms with Crippen LogP contribution >= 0.6 is 0 Å². The van der Waals surface area contributed by atoms with E-state index in [-0.39, 0.29) is 0 Å². The Balaban J connectivity index is 1.54. The minimum Gasteiger partial charge on any atom is -0.351 e. The SMILES string of the molecule is CC(=NNc1cc(NN=C(C)c2ccncc2)nc(NC2CCCCC2)n1)c1ccncc1. The lowest BCUT2D eigenvalue weighted by atomic mass is 9.96. The summed E-state index contributed by atoms with van der Waals surface area (Å²) in [6, 6.07) is 9.84. The quantitative estimate of drug-likeness (QED) is 0.342. The van der Waals surface area contributed by atoms with E-state index < -0.39 is 0 Å². The van der Waals surface area contributed by atoms with Gasteiger partial charge in [0.25, 0.3) is 0 Å². The zero-order chi connectivity index (χ0) is 22.9. The molecule has 1 aliphatic rings. The lowest BCUT2D eigenvalue weighted by Crippen LogP contribution is -2.23.